The predicted octanol–water partition coefficient (Wildman–Crippen LogP) is 3.07. The molecule has 1 unspecified atom stereocenters. The third kappa shape index (κ3) is 2.34. The van der Waals surface area contributed by atoms with Gasteiger partial charge in [0, 0.05) is 23.7 Å². The highest BCUT2D eigenvalue weighted by molar-refractivity contribution is 7.80. The van der Waals surface area contributed by atoms with Crippen molar-refractivity contribution in [3.05, 3.63) is 65.2 Å². The van der Waals surface area contributed by atoms with Crippen molar-refractivity contribution in [2.75, 3.05) is 11.9 Å². The van der Waals surface area contributed by atoms with Gasteiger partial charge >= 0.3 is 0 Å². The van der Waals surface area contributed by atoms with Crippen molar-refractivity contribution in [3.8, 4) is 0 Å². The Bertz CT molecular complexity index is 622. The van der Waals surface area contributed by atoms with Gasteiger partial charge in [-0.3, -0.25) is 0 Å². The van der Waals surface area contributed by atoms with Crippen LogP contribution >= 0.6 is 12.2 Å². The molecule has 3 heteroatoms. The molecule has 0 saturated carbocycles. The molecule has 0 amide bonds. The van der Waals surface area contributed by atoms with Crippen molar-refractivity contribution in [2.24, 2.45) is 5.73 Å². The quantitative estimate of drug-likeness (QED) is 0.837. The van der Waals surface area contributed by atoms with Gasteiger partial charge in [-0.15, -0.1) is 0 Å². The average molecular weight is 268 g/mol. The maximum Gasteiger partial charge on any atom is 0.106 e. The lowest BCUT2D eigenvalue weighted by Gasteiger charge is -2.30. The molecule has 2 aromatic rings. The summed E-state index contributed by atoms with van der Waals surface area (Å²) in [6, 6.07) is 16.6. The molecule has 0 fully saturated rings. The molecule has 19 heavy (non-hydrogen) atoms. The largest absolute Gasteiger partial charge is 0.389 e. The number of hydrogen-bond donors (Lipinski definition) is 2. The zero-order chi connectivity index (χ0) is 13.2. The minimum Gasteiger partial charge on any atom is -0.389 e. The minimum atomic E-state index is 0.442. The van der Waals surface area contributed by atoms with Gasteiger partial charge in [0.15, 0.2) is 0 Å². The summed E-state index contributed by atoms with van der Waals surface area (Å²) in [6.45, 7) is 0.927. The third-order valence-electron chi connectivity index (χ3n) is 3.69. The molecule has 1 atom stereocenters. The highest BCUT2D eigenvalue weighted by atomic mass is 32.1. The molecule has 2 aromatic carbocycles. The first-order valence-corrected chi connectivity index (χ1v) is 6.87. The maximum absolute atomic E-state index is 5.74. The van der Waals surface area contributed by atoms with E-state index in [-0.39, 0.29) is 0 Å². The molecule has 2 nitrogen and oxygen atoms in total. The van der Waals surface area contributed by atoms with Crippen LogP contribution in [0, 0.1) is 0 Å². The lowest BCUT2D eigenvalue weighted by atomic mass is 9.77. The Hall–Kier alpha value is -1.87. The lowest BCUT2D eigenvalue weighted by Crippen LogP contribution is -2.25. The predicted molar refractivity (Wildman–Crippen MR) is 83.7 cm³/mol. The van der Waals surface area contributed by atoms with Crippen molar-refractivity contribution in [1.82, 2.24) is 0 Å². The van der Waals surface area contributed by atoms with Gasteiger partial charge in [0.2, 0.25) is 0 Å². The van der Waals surface area contributed by atoms with Crippen molar-refractivity contribution < 1.29 is 0 Å². The van der Waals surface area contributed by atoms with E-state index in [4.69, 9.17) is 18.0 Å². The first kappa shape index (κ1) is 12.2. The van der Waals surface area contributed by atoms with Crippen LogP contribution in [0.15, 0.2) is 48.5 Å². The van der Waals surface area contributed by atoms with Gasteiger partial charge in [-0.05, 0) is 29.7 Å². The second-order valence-corrected chi connectivity index (χ2v) is 5.33. The van der Waals surface area contributed by atoms with Crippen LogP contribution in [-0.2, 0) is 6.42 Å². The van der Waals surface area contributed by atoms with Crippen LogP contribution in [-0.4, -0.2) is 11.5 Å². The van der Waals surface area contributed by atoms with E-state index in [1.165, 1.54) is 11.1 Å². The number of fused-ring (bicyclic) bond motifs is 1. The van der Waals surface area contributed by atoms with Gasteiger partial charge in [0.1, 0.15) is 4.99 Å². The van der Waals surface area contributed by atoms with Gasteiger partial charge in [-0.2, -0.15) is 0 Å². The van der Waals surface area contributed by atoms with Crippen LogP contribution in [0.1, 0.15) is 22.6 Å². The molecular formula is C16H16N2S. The summed E-state index contributed by atoms with van der Waals surface area (Å²) in [7, 11) is 0. The lowest BCUT2D eigenvalue weighted by molar-refractivity contribution is 0.636. The first-order chi connectivity index (χ1) is 9.25. The monoisotopic (exact) mass is 268 g/mol. The summed E-state index contributed by atoms with van der Waals surface area (Å²) in [5.74, 6) is 0.593. The SMILES string of the molecule is NC(=S)c1ccccc1NCC1Cc2ccccc21. The van der Waals surface area contributed by atoms with Gasteiger partial charge < -0.3 is 11.1 Å². The van der Waals surface area contributed by atoms with E-state index >= 15 is 0 Å². The molecule has 3 N–H and O–H groups in total. The molecule has 0 bridgehead atoms. The van der Waals surface area contributed by atoms with Crippen molar-refractivity contribution >= 4 is 22.9 Å². The summed E-state index contributed by atoms with van der Waals surface area (Å²) in [5, 5.41) is 3.47. The standard InChI is InChI=1S/C16H16N2S/c17-16(19)14-7-3-4-8-15(14)18-10-12-9-11-5-1-2-6-13(11)12/h1-8,12,18H,9-10H2,(H2,17,19). The van der Waals surface area contributed by atoms with Crippen LogP contribution < -0.4 is 11.1 Å². The molecule has 1 aliphatic carbocycles. The van der Waals surface area contributed by atoms with Crippen LogP contribution in [0.2, 0.25) is 0 Å². The summed E-state index contributed by atoms with van der Waals surface area (Å²) in [6.07, 6.45) is 1.15. The number of anilines is 1. The number of nitrogens with two attached hydrogens (primary N) is 1. The van der Waals surface area contributed by atoms with Crippen molar-refractivity contribution in [3.63, 3.8) is 0 Å². The Labute approximate surface area is 118 Å². The summed E-state index contributed by atoms with van der Waals surface area (Å²) < 4.78 is 0. The van der Waals surface area contributed by atoms with Crippen LogP contribution in [0.5, 0.6) is 0 Å². The molecule has 0 spiro atoms. The number of hydrogen-bond acceptors (Lipinski definition) is 2. The molecular weight excluding hydrogens is 252 g/mol. The van der Waals surface area contributed by atoms with E-state index in [1.807, 2.05) is 24.3 Å². The molecule has 0 radical (unpaired) electrons. The normalized spacial score (nSPS) is 16.3. The van der Waals surface area contributed by atoms with Crippen LogP contribution in [0.3, 0.4) is 0 Å². The number of thiocarbonyl (C=S) groups is 1. The number of rotatable bonds is 4. The van der Waals surface area contributed by atoms with Crippen molar-refractivity contribution in [1.29, 1.82) is 0 Å². The van der Waals surface area contributed by atoms with E-state index in [9.17, 15) is 0 Å². The van der Waals surface area contributed by atoms with Gasteiger partial charge in [0.25, 0.3) is 0 Å². The smallest absolute Gasteiger partial charge is 0.106 e. The van der Waals surface area contributed by atoms with Gasteiger partial charge in [-0.25, -0.2) is 0 Å². The average Bonchev–Trinajstić information content (AvgIpc) is 2.40. The topological polar surface area (TPSA) is 38.0 Å². The van der Waals surface area contributed by atoms with E-state index in [1.54, 1.807) is 0 Å². The maximum atomic E-state index is 5.74. The summed E-state index contributed by atoms with van der Waals surface area (Å²) >= 11 is 5.07. The number of nitrogens with one attached hydrogen (secondary N) is 1. The fraction of sp³-hybridized carbons (Fsp3) is 0.188. The zero-order valence-corrected chi connectivity index (χ0v) is 11.4. The molecule has 0 aromatic heterocycles. The molecule has 0 heterocycles. The first-order valence-electron chi connectivity index (χ1n) is 6.46. The Morgan fingerprint density at radius 3 is 2.68 bits per heavy atom. The van der Waals surface area contributed by atoms with Crippen LogP contribution in [0.4, 0.5) is 5.69 Å². The minimum absolute atomic E-state index is 0.442. The van der Waals surface area contributed by atoms with E-state index in [0.29, 0.717) is 10.9 Å². The highest BCUT2D eigenvalue weighted by Crippen LogP contribution is 2.34. The molecule has 1 aliphatic rings. The fourth-order valence-electron chi connectivity index (χ4n) is 2.63. The van der Waals surface area contributed by atoms with Gasteiger partial charge in [0.05, 0.1) is 0 Å². The highest BCUT2D eigenvalue weighted by Gasteiger charge is 2.25. The second-order valence-electron chi connectivity index (χ2n) is 4.89. The Morgan fingerprint density at radius 1 is 1.16 bits per heavy atom. The van der Waals surface area contributed by atoms with Gasteiger partial charge in [-0.1, -0.05) is 48.6 Å². The molecule has 96 valence electrons. The Balaban J connectivity index is 1.70. The summed E-state index contributed by atoms with van der Waals surface area (Å²) in [4.78, 5) is 0.442. The molecule has 0 aliphatic heterocycles. The summed E-state index contributed by atoms with van der Waals surface area (Å²) in [5.41, 5.74) is 10.6. The fourth-order valence-corrected chi connectivity index (χ4v) is 2.81. The zero-order valence-electron chi connectivity index (χ0n) is 10.6. The van der Waals surface area contributed by atoms with E-state index in [2.05, 4.69) is 29.6 Å². The molecule has 3 rings (SSSR count). The second kappa shape index (κ2) is 5.02. The van der Waals surface area contributed by atoms with E-state index < -0.39 is 0 Å². The molecule has 0 saturated heterocycles. The Morgan fingerprint density at radius 2 is 1.89 bits per heavy atom. The van der Waals surface area contributed by atoms with E-state index in [0.717, 1.165) is 24.2 Å². The number of para-hydroxylation sites is 1. The van der Waals surface area contributed by atoms with Crippen molar-refractivity contribution in [2.45, 2.75) is 12.3 Å². The number of benzene rings is 2. The third-order valence-corrected chi connectivity index (χ3v) is 3.91. The van der Waals surface area contributed by atoms with Crippen LogP contribution in [0.25, 0.3) is 0 Å². The Kier molecular flexibility index (Phi) is 3.22.